The maximum Gasteiger partial charge on any atom is 0.267 e. The van der Waals surface area contributed by atoms with Crippen molar-refractivity contribution < 1.29 is 4.79 Å². The van der Waals surface area contributed by atoms with Gasteiger partial charge in [0, 0.05) is 20.1 Å². The van der Waals surface area contributed by atoms with E-state index in [1.165, 1.54) is 11.3 Å². The Labute approximate surface area is 133 Å². The molecule has 2 rings (SSSR count). The molecule has 0 bridgehead atoms. The van der Waals surface area contributed by atoms with Gasteiger partial charge in [0.15, 0.2) is 5.13 Å². The molecule has 20 heavy (non-hydrogen) atoms. The van der Waals surface area contributed by atoms with Crippen molar-refractivity contribution >= 4 is 55.5 Å². The number of rotatable bonds is 5. The highest BCUT2D eigenvalue weighted by Crippen LogP contribution is 2.27. The van der Waals surface area contributed by atoms with Gasteiger partial charge >= 0.3 is 0 Å². The van der Waals surface area contributed by atoms with Crippen molar-refractivity contribution in [2.24, 2.45) is 0 Å². The lowest BCUT2D eigenvalue weighted by Crippen LogP contribution is -2.25. The van der Waals surface area contributed by atoms with Crippen molar-refractivity contribution in [3.8, 4) is 0 Å². The van der Waals surface area contributed by atoms with Crippen LogP contribution in [-0.2, 0) is 6.54 Å². The molecule has 0 saturated heterocycles. The van der Waals surface area contributed by atoms with Crippen LogP contribution < -0.4 is 11.1 Å². The highest BCUT2D eigenvalue weighted by Gasteiger charge is 2.20. The van der Waals surface area contributed by atoms with E-state index in [1.807, 2.05) is 18.4 Å². The van der Waals surface area contributed by atoms with Crippen LogP contribution in [0.5, 0.6) is 0 Å². The minimum Gasteiger partial charge on any atom is -0.382 e. The summed E-state index contributed by atoms with van der Waals surface area (Å²) >= 11 is 6.31. The van der Waals surface area contributed by atoms with E-state index in [4.69, 9.17) is 5.73 Å². The molecule has 108 valence electrons. The van der Waals surface area contributed by atoms with E-state index in [9.17, 15) is 4.79 Å². The number of nitrogens with two attached hydrogens (primary N) is 1. The highest BCUT2D eigenvalue weighted by atomic mass is 79.9. The molecule has 0 atom stereocenters. The second-order valence-corrected chi connectivity index (χ2v) is 7.47. The van der Waals surface area contributed by atoms with E-state index in [1.54, 1.807) is 23.3 Å². The summed E-state index contributed by atoms with van der Waals surface area (Å²) in [5.41, 5.74) is 6.90. The Morgan fingerprint density at radius 1 is 1.60 bits per heavy atom. The number of carbonyl (C=O) groups excluding carboxylic acids is 1. The smallest absolute Gasteiger partial charge is 0.267 e. The van der Waals surface area contributed by atoms with Crippen molar-refractivity contribution in [3.63, 3.8) is 0 Å². The van der Waals surface area contributed by atoms with E-state index in [2.05, 4.69) is 26.2 Å². The Morgan fingerprint density at radius 3 is 2.95 bits per heavy atom. The molecule has 0 fully saturated rings. The average molecular weight is 375 g/mol. The first-order valence-corrected chi connectivity index (χ1v) is 8.48. The van der Waals surface area contributed by atoms with Crippen molar-refractivity contribution in [1.82, 2.24) is 9.88 Å². The van der Waals surface area contributed by atoms with E-state index in [0.29, 0.717) is 16.6 Å². The molecule has 2 heterocycles. The predicted octanol–water partition coefficient (Wildman–Crippen LogP) is 3.25. The summed E-state index contributed by atoms with van der Waals surface area (Å²) in [7, 11) is 1.76. The van der Waals surface area contributed by atoms with Crippen molar-refractivity contribution in [2.75, 3.05) is 24.6 Å². The average Bonchev–Trinajstić information content (AvgIpc) is 2.95. The third-order valence-electron chi connectivity index (χ3n) is 2.56. The molecule has 0 aliphatic rings. The van der Waals surface area contributed by atoms with E-state index >= 15 is 0 Å². The normalized spacial score (nSPS) is 10.6. The maximum atomic E-state index is 12.4. The van der Waals surface area contributed by atoms with Crippen molar-refractivity contribution in [1.29, 1.82) is 0 Å². The van der Waals surface area contributed by atoms with Crippen LogP contribution in [0.15, 0.2) is 15.2 Å². The Morgan fingerprint density at radius 2 is 2.35 bits per heavy atom. The summed E-state index contributed by atoms with van der Waals surface area (Å²) < 4.78 is 1.06. The van der Waals surface area contributed by atoms with Crippen LogP contribution >= 0.6 is 38.6 Å². The summed E-state index contributed by atoms with van der Waals surface area (Å²) in [5.74, 6) is 0.181. The first kappa shape index (κ1) is 15.3. The van der Waals surface area contributed by atoms with E-state index in [-0.39, 0.29) is 11.7 Å². The number of thiazole rings is 1. The Hall–Kier alpha value is -1.12. The number of nitrogens with zero attached hydrogens (tertiary/aromatic N) is 2. The van der Waals surface area contributed by atoms with Gasteiger partial charge in [-0.1, -0.05) is 11.3 Å². The summed E-state index contributed by atoms with van der Waals surface area (Å²) in [6, 6.07) is 2.01. The Kier molecular flexibility index (Phi) is 5.00. The topological polar surface area (TPSA) is 71.2 Å². The van der Waals surface area contributed by atoms with Gasteiger partial charge in [0.1, 0.15) is 10.7 Å². The number of aromatic nitrogens is 1. The van der Waals surface area contributed by atoms with E-state index < -0.39 is 0 Å². The zero-order chi connectivity index (χ0) is 14.7. The SMILES string of the molecule is CCNc1nc(N)c(C(=O)N(C)Cc2csc(Br)c2)s1. The summed E-state index contributed by atoms with van der Waals surface area (Å²) in [5, 5.41) is 5.77. The monoisotopic (exact) mass is 374 g/mol. The summed E-state index contributed by atoms with van der Waals surface area (Å²) in [4.78, 5) is 18.7. The van der Waals surface area contributed by atoms with Gasteiger partial charge in [-0.15, -0.1) is 11.3 Å². The zero-order valence-corrected chi connectivity index (χ0v) is 14.4. The third-order valence-corrected chi connectivity index (χ3v) is 5.13. The van der Waals surface area contributed by atoms with Crippen molar-refractivity contribution in [3.05, 3.63) is 25.7 Å². The molecule has 0 aliphatic carbocycles. The van der Waals surface area contributed by atoms with Crippen LogP contribution in [0.3, 0.4) is 0 Å². The lowest BCUT2D eigenvalue weighted by Gasteiger charge is -2.15. The molecular weight excluding hydrogens is 360 g/mol. The lowest BCUT2D eigenvalue weighted by atomic mass is 10.3. The molecule has 0 spiro atoms. The van der Waals surface area contributed by atoms with Crippen LogP contribution in [-0.4, -0.2) is 29.4 Å². The number of amides is 1. The molecule has 2 aromatic rings. The van der Waals surface area contributed by atoms with Crippen LogP contribution in [0.25, 0.3) is 0 Å². The maximum absolute atomic E-state index is 12.4. The largest absolute Gasteiger partial charge is 0.382 e. The molecule has 3 N–H and O–H groups in total. The third kappa shape index (κ3) is 3.50. The van der Waals surface area contributed by atoms with E-state index in [0.717, 1.165) is 15.9 Å². The first-order valence-electron chi connectivity index (χ1n) is 5.99. The fraction of sp³-hybridized carbons (Fsp3) is 0.333. The van der Waals surface area contributed by atoms with Gasteiger partial charge in [0.25, 0.3) is 5.91 Å². The van der Waals surface area contributed by atoms with Crippen LogP contribution in [0.1, 0.15) is 22.2 Å². The number of carbonyl (C=O) groups is 1. The molecule has 0 unspecified atom stereocenters. The zero-order valence-electron chi connectivity index (χ0n) is 11.1. The summed E-state index contributed by atoms with van der Waals surface area (Å²) in [6.07, 6.45) is 0. The van der Waals surface area contributed by atoms with Gasteiger partial charge in [-0.3, -0.25) is 4.79 Å². The first-order chi connectivity index (χ1) is 9.51. The quantitative estimate of drug-likeness (QED) is 0.842. The standard InChI is InChI=1S/C12H15BrN4OS2/c1-3-15-12-16-10(14)9(20-12)11(18)17(2)5-7-4-8(13)19-6-7/h4,6H,3,5,14H2,1-2H3,(H,15,16). The van der Waals surface area contributed by atoms with Crippen molar-refractivity contribution in [2.45, 2.75) is 13.5 Å². The Bertz CT molecular complexity index is 610. The molecule has 2 aromatic heterocycles. The number of nitrogens with one attached hydrogen (secondary N) is 1. The van der Waals surface area contributed by atoms with Gasteiger partial charge in [0.2, 0.25) is 0 Å². The summed E-state index contributed by atoms with van der Waals surface area (Å²) in [6.45, 7) is 3.27. The number of thiophene rings is 1. The second kappa shape index (κ2) is 6.55. The van der Waals surface area contributed by atoms with Gasteiger partial charge in [-0.25, -0.2) is 4.98 Å². The number of hydrogen-bond acceptors (Lipinski definition) is 6. The number of anilines is 2. The van der Waals surface area contributed by atoms with Gasteiger partial charge < -0.3 is 16.0 Å². The molecular formula is C12H15BrN4OS2. The van der Waals surface area contributed by atoms with Crippen LogP contribution in [0, 0.1) is 0 Å². The van der Waals surface area contributed by atoms with Crippen LogP contribution in [0.2, 0.25) is 0 Å². The minimum absolute atomic E-state index is 0.105. The van der Waals surface area contributed by atoms with Gasteiger partial charge in [-0.2, -0.15) is 0 Å². The Balaban J connectivity index is 2.09. The number of hydrogen-bond donors (Lipinski definition) is 2. The fourth-order valence-electron chi connectivity index (χ4n) is 1.66. The predicted molar refractivity (Wildman–Crippen MR) is 88.5 cm³/mol. The molecule has 0 aliphatic heterocycles. The molecule has 8 heteroatoms. The second-order valence-electron chi connectivity index (χ2n) is 4.18. The minimum atomic E-state index is -0.105. The van der Waals surface area contributed by atoms with Crippen LogP contribution in [0.4, 0.5) is 10.9 Å². The highest BCUT2D eigenvalue weighted by molar-refractivity contribution is 9.11. The van der Waals surface area contributed by atoms with Gasteiger partial charge in [0.05, 0.1) is 3.79 Å². The molecule has 0 aromatic carbocycles. The molecule has 0 radical (unpaired) electrons. The molecule has 5 nitrogen and oxygen atoms in total. The van der Waals surface area contributed by atoms with Gasteiger partial charge in [-0.05, 0) is 39.9 Å². The number of halogens is 1. The number of nitrogen functional groups attached to an aromatic ring is 1. The fourth-order valence-corrected chi connectivity index (χ4v) is 3.81. The molecule has 0 saturated carbocycles. The molecule has 1 amide bonds. The lowest BCUT2D eigenvalue weighted by molar-refractivity contribution is 0.0791.